The Morgan fingerprint density at radius 3 is 2.60 bits per heavy atom. The van der Waals surface area contributed by atoms with E-state index in [2.05, 4.69) is 10.1 Å². The van der Waals surface area contributed by atoms with E-state index in [1.165, 1.54) is 4.68 Å². The van der Waals surface area contributed by atoms with Gasteiger partial charge in [0.05, 0.1) is 6.61 Å². The van der Waals surface area contributed by atoms with E-state index in [4.69, 9.17) is 9.47 Å². The number of rotatable bonds is 7. The molecular formula is C19H25N3O3. The minimum Gasteiger partial charge on any atom is -0.460 e. The van der Waals surface area contributed by atoms with Gasteiger partial charge in [-0.1, -0.05) is 42.7 Å². The van der Waals surface area contributed by atoms with E-state index in [1.807, 2.05) is 38.1 Å². The van der Waals surface area contributed by atoms with Gasteiger partial charge >= 0.3 is 6.01 Å². The fraction of sp³-hybridized carbons (Fsp3) is 0.526. The molecule has 0 saturated heterocycles. The second-order valence-corrected chi connectivity index (χ2v) is 6.36. The number of nitrogens with zero attached hydrogens (tertiary/aromatic N) is 3. The lowest BCUT2D eigenvalue weighted by Gasteiger charge is -2.09. The van der Waals surface area contributed by atoms with Crippen molar-refractivity contribution in [2.45, 2.75) is 39.5 Å². The van der Waals surface area contributed by atoms with E-state index in [1.54, 1.807) is 0 Å². The average Bonchev–Trinajstić information content (AvgIpc) is 3.29. The van der Waals surface area contributed by atoms with Crippen LogP contribution in [0.15, 0.2) is 24.3 Å². The van der Waals surface area contributed by atoms with Gasteiger partial charge in [-0.15, -0.1) is 5.10 Å². The molecule has 1 fully saturated rings. The van der Waals surface area contributed by atoms with Crippen molar-refractivity contribution in [3.63, 3.8) is 0 Å². The van der Waals surface area contributed by atoms with E-state index in [-0.39, 0.29) is 17.8 Å². The molecule has 1 aliphatic rings. The highest BCUT2D eigenvalue weighted by Crippen LogP contribution is 2.28. The molecule has 6 nitrogen and oxygen atoms in total. The number of benzene rings is 1. The Hall–Kier alpha value is -2.21. The van der Waals surface area contributed by atoms with Crippen LogP contribution in [0.1, 0.15) is 43.0 Å². The first-order chi connectivity index (χ1) is 12.2. The zero-order chi connectivity index (χ0) is 17.6. The average molecular weight is 343 g/mol. The molecule has 0 atom stereocenters. The molecule has 1 heterocycles. The van der Waals surface area contributed by atoms with E-state index < -0.39 is 0 Å². The summed E-state index contributed by atoms with van der Waals surface area (Å²) in [7, 11) is 0. The van der Waals surface area contributed by atoms with Crippen molar-refractivity contribution in [2.24, 2.45) is 5.92 Å². The van der Waals surface area contributed by atoms with Gasteiger partial charge < -0.3 is 9.47 Å². The molecule has 2 aromatic rings. The molecule has 0 unspecified atom stereocenters. The SMILES string of the molecule is CCOCCOc1nc(-c2ccc(C)cc2)n(C(=O)C2CCCC2)n1. The maximum atomic E-state index is 12.9. The largest absolute Gasteiger partial charge is 0.460 e. The maximum absolute atomic E-state index is 12.9. The third kappa shape index (κ3) is 4.25. The van der Waals surface area contributed by atoms with Crippen LogP contribution in [0.3, 0.4) is 0 Å². The molecule has 0 bridgehead atoms. The van der Waals surface area contributed by atoms with Crippen LogP contribution >= 0.6 is 0 Å². The van der Waals surface area contributed by atoms with E-state index in [0.29, 0.717) is 25.6 Å². The summed E-state index contributed by atoms with van der Waals surface area (Å²) in [4.78, 5) is 17.3. The Kier molecular flexibility index (Phi) is 5.81. The number of carbonyl (C=O) groups is 1. The summed E-state index contributed by atoms with van der Waals surface area (Å²) in [6.07, 6.45) is 4.05. The van der Waals surface area contributed by atoms with Gasteiger partial charge in [0.1, 0.15) is 6.61 Å². The van der Waals surface area contributed by atoms with Gasteiger partial charge in [0.2, 0.25) is 0 Å². The molecule has 1 saturated carbocycles. The lowest BCUT2D eigenvalue weighted by molar-refractivity contribution is 0.0816. The molecule has 1 aliphatic carbocycles. The minimum atomic E-state index is 0.0141. The maximum Gasteiger partial charge on any atom is 0.336 e. The molecule has 3 rings (SSSR count). The van der Waals surface area contributed by atoms with Crippen LogP contribution in [0.25, 0.3) is 11.4 Å². The highest BCUT2D eigenvalue weighted by Gasteiger charge is 2.28. The number of aryl methyl sites for hydroxylation is 1. The van der Waals surface area contributed by atoms with Crippen LogP contribution in [0.5, 0.6) is 6.01 Å². The van der Waals surface area contributed by atoms with E-state index >= 15 is 0 Å². The van der Waals surface area contributed by atoms with Crippen LogP contribution in [0, 0.1) is 12.8 Å². The van der Waals surface area contributed by atoms with Crippen LogP contribution in [0.4, 0.5) is 0 Å². The summed E-state index contributed by atoms with van der Waals surface area (Å²) in [6.45, 7) is 5.44. The zero-order valence-electron chi connectivity index (χ0n) is 14.9. The number of hydrogen-bond acceptors (Lipinski definition) is 5. The van der Waals surface area contributed by atoms with Gasteiger partial charge in [0, 0.05) is 18.1 Å². The smallest absolute Gasteiger partial charge is 0.336 e. The number of carbonyl (C=O) groups excluding carboxylic acids is 1. The minimum absolute atomic E-state index is 0.0141. The first kappa shape index (κ1) is 17.6. The Balaban J connectivity index is 1.86. The van der Waals surface area contributed by atoms with Gasteiger partial charge in [0.15, 0.2) is 5.82 Å². The first-order valence-corrected chi connectivity index (χ1v) is 8.98. The Bertz CT molecular complexity index is 703. The van der Waals surface area contributed by atoms with Crippen LogP contribution in [-0.4, -0.2) is 40.5 Å². The zero-order valence-corrected chi connectivity index (χ0v) is 14.9. The van der Waals surface area contributed by atoms with E-state index in [9.17, 15) is 4.79 Å². The summed E-state index contributed by atoms with van der Waals surface area (Å²) >= 11 is 0. The predicted octanol–water partition coefficient (Wildman–Crippen LogP) is 3.50. The molecule has 0 N–H and O–H groups in total. The van der Waals surface area contributed by atoms with Gasteiger partial charge in [-0.25, -0.2) is 0 Å². The monoisotopic (exact) mass is 343 g/mol. The second kappa shape index (κ2) is 8.25. The molecule has 6 heteroatoms. The van der Waals surface area contributed by atoms with Crippen molar-refractivity contribution in [1.82, 2.24) is 14.8 Å². The predicted molar refractivity (Wildman–Crippen MR) is 94.8 cm³/mol. The highest BCUT2D eigenvalue weighted by atomic mass is 16.5. The lowest BCUT2D eigenvalue weighted by atomic mass is 10.1. The summed E-state index contributed by atoms with van der Waals surface area (Å²) < 4.78 is 12.3. The molecule has 0 amide bonds. The van der Waals surface area contributed by atoms with Gasteiger partial charge in [-0.05, 0) is 26.7 Å². The van der Waals surface area contributed by atoms with Crippen molar-refractivity contribution in [3.8, 4) is 17.4 Å². The molecule has 25 heavy (non-hydrogen) atoms. The van der Waals surface area contributed by atoms with Crippen LogP contribution < -0.4 is 4.74 Å². The summed E-state index contributed by atoms with van der Waals surface area (Å²) in [6, 6.07) is 8.15. The normalized spacial score (nSPS) is 14.8. The quantitative estimate of drug-likeness (QED) is 0.720. The van der Waals surface area contributed by atoms with Gasteiger partial charge in [0.25, 0.3) is 5.91 Å². The molecule has 1 aromatic carbocycles. The van der Waals surface area contributed by atoms with Crippen molar-refractivity contribution < 1.29 is 14.3 Å². The first-order valence-electron chi connectivity index (χ1n) is 8.98. The number of hydrogen-bond donors (Lipinski definition) is 0. The van der Waals surface area contributed by atoms with Crippen molar-refractivity contribution in [1.29, 1.82) is 0 Å². The third-order valence-corrected chi connectivity index (χ3v) is 4.47. The summed E-state index contributed by atoms with van der Waals surface area (Å²) in [5.74, 6) is 0.589. The molecule has 134 valence electrons. The van der Waals surface area contributed by atoms with Gasteiger partial charge in [-0.2, -0.15) is 9.67 Å². The second-order valence-electron chi connectivity index (χ2n) is 6.36. The fourth-order valence-electron chi connectivity index (χ4n) is 3.08. The molecule has 1 aromatic heterocycles. The standard InChI is InChI=1S/C19H25N3O3/c1-3-24-12-13-25-19-20-17(15-10-8-14(2)9-11-15)22(21-19)18(23)16-6-4-5-7-16/h8-11,16H,3-7,12-13H2,1-2H3. The number of ether oxygens (including phenoxy) is 2. The fourth-order valence-corrected chi connectivity index (χ4v) is 3.08. The lowest BCUT2D eigenvalue weighted by Crippen LogP contribution is -2.21. The summed E-state index contributed by atoms with van der Waals surface area (Å²) in [5, 5.41) is 4.33. The third-order valence-electron chi connectivity index (χ3n) is 4.47. The van der Waals surface area contributed by atoms with Crippen LogP contribution in [0.2, 0.25) is 0 Å². The number of aromatic nitrogens is 3. The highest BCUT2D eigenvalue weighted by molar-refractivity contribution is 5.84. The van der Waals surface area contributed by atoms with Crippen LogP contribution in [-0.2, 0) is 4.74 Å². The molecule has 0 spiro atoms. The Morgan fingerprint density at radius 2 is 1.92 bits per heavy atom. The van der Waals surface area contributed by atoms with Gasteiger partial charge in [-0.3, -0.25) is 4.79 Å². The Labute approximate surface area is 148 Å². The Morgan fingerprint density at radius 1 is 1.20 bits per heavy atom. The molecular weight excluding hydrogens is 318 g/mol. The van der Waals surface area contributed by atoms with Crippen molar-refractivity contribution >= 4 is 5.91 Å². The molecule has 0 aliphatic heterocycles. The van der Waals surface area contributed by atoms with Crippen molar-refractivity contribution in [3.05, 3.63) is 29.8 Å². The van der Waals surface area contributed by atoms with E-state index in [0.717, 1.165) is 36.8 Å². The summed E-state index contributed by atoms with van der Waals surface area (Å²) in [5.41, 5.74) is 2.02. The topological polar surface area (TPSA) is 66.2 Å². The van der Waals surface area contributed by atoms with Crippen molar-refractivity contribution in [2.75, 3.05) is 19.8 Å². The molecule has 0 radical (unpaired) electrons.